The molecule has 1 aromatic heterocycles. The van der Waals surface area contributed by atoms with Crippen molar-refractivity contribution in [2.75, 3.05) is 0 Å². The molecule has 2 rings (SSSR count). The van der Waals surface area contributed by atoms with E-state index in [4.69, 9.17) is 0 Å². The molecule has 74 valence electrons. The summed E-state index contributed by atoms with van der Waals surface area (Å²) >= 11 is 0. The summed E-state index contributed by atoms with van der Waals surface area (Å²) in [5, 5.41) is 0. The number of aromatic nitrogens is 1. The number of pyridine rings is 1. The minimum atomic E-state index is 0.918. The lowest BCUT2D eigenvalue weighted by Crippen LogP contribution is -1.96. The van der Waals surface area contributed by atoms with Gasteiger partial charge in [0.15, 0.2) is 0 Å². The highest BCUT2D eigenvalue weighted by molar-refractivity contribution is 5.98. The first-order valence-corrected chi connectivity index (χ1v) is 4.88. The number of para-hydroxylation sites is 1. The molecule has 0 fully saturated rings. The molecule has 2 nitrogen and oxygen atoms in total. The highest BCUT2D eigenvalue weighted by atomic mass is 14.8. The average Bonchev–Trinajstić information content (AvgIpc) is 2.31. The highest BCUT2D eigenvalue weighted by Crippen LogP contribution is 2.11. The molecule has 0 saturated heterocycles. The van der Waals surface area contributed by atoms with Crippen molar-refractivity contribution in [2.45, 2.75) is 6.92 Å². The Balaban J connectivity index is 2.29. The van der Waals surface area contributed by atoms with E-state index in [2.05, 4.69) is 9.98 Å². The molecule has 1 aromatic carbocycles. The zero-order valence-corrected chi connectivity index (χ0v) is 8.59. The van der Waals surface area contributed by atoms with Crippen LogP contribution in [0.15, 0.2) is 59.7 Å². The molecular formula is C13H12N2. The van der Waals surface area contributed by atoms with Crippen molar-refractivity contribution in [1.82, 2.24) is 4.98 Å². The van der Waals surface area contributed by atoms with Crippen molar-refractivity contribution in [2.24, 2.45) is 4.99 Å². The van der Waals surface area contributed by atoms with Gasteiger partial charge in [0.2, 0.25) is 0 Å². The molecule has 2 aromatic rings. The molecule has 0 unspecified atom stereocenters. The van der Waals surface area contributed by atoms with E-state index < -0.39 is 0 Å². The van der Waals surface area contributed by atoms with Crippen molar-refractivity contribution >= 4 is 11.4 Å². The van der Waals surface area contributed by atoms with Crippen molar-refractivity contribution in [3.63, 3.8) is 0 Å². The zero-order chi connectivity index (χ0) is 10.5. The largest absolute Gasteiger partial charge is 0.255 e. The molecule has 0 N–H and O–H groups in total. The molecule has 0 saturated carbocycles. The molecule has 0 aliphatic carbocycles. The van der Waals surface area contributed by atoms with Gasteiger partial charge in [-0.1, -0.05) is 24.3 Å². The van der Waals surface area contributed by atoms with Gasteiger partial charge in [-0.2, -0.15) is 0 Å². The molecular weight excluding hydrogens is 184 g/mol. The minimum absolute atomic E-state index is 0.918. The lowest BCUT2D eigenvalue weighted by atomic mass is 10.2. The Morgan fingerprint density at radius 3 is 2.40 bits per heavy atom. The van der Waals surface area contributed by atoms with Crippen LogP contribution in [-0.2, 0) is 0 Å². The predicted molar refractivity (Wildman–Crippen MR) is 62.6 cm³/mol. The molecule has 2 heteroatoms. The average molecular weight is 196 g/mol. The fourth-order valence-electron chi connectivity index (χ4n) is 1.33. The molecule has 0 radical (unpaired) electrons. The molecule has 0 aliphatic heterocycles. The summed E-state index contributed by atoms with van der Waals surface area (Å²) in [6.07, 6.45) is 1.78. The van der Waals surface area contributed by atoms with E-state index in [1.54, 1.807) is 6.20 Å². The SMILES string of the molecule is C/C(=N/c1ccccc1)c1ccccn1. The van der Waals surface area contributed by atoms with Crippen LogP contribution in [-0.4, -0.2) is 10.7 Å². The quantitative estimate of drug-likeness (QED) is 0.677. The predicted octanol–water partition coefficient (Wildman–Crippen LogP) is 3.22. The molecule has 0 amide bonds. The first-order chi connectivity index (χ1) is 7.36. The topological polar surface area (TPSA) is 25.2 Å². The minimum Gasteiger partial charge on any atom is -0.255 e. The lowest BCUT2D eigenvalue weighted by molar-refractivity contribution is 1.28. The van der Waals surface area contributed by atoms with Crippen molar-refractivity contribution in [1.29, 1.82) is 0 Å². The molecule has 1 heterocycles. The van der Waals surface area contributed by atoms with Gasteiger partial charge in [0.05, 0.1) is 17.1 Å². The Kier molecular flexibility index (Phi) is 2.88. The van der Waals surface area contributed by atoms with Gasteiger partial charge >= 0.3 is 0 Å². The van der Waals surface area contributed by atoms with E-state index in [0.29, 0.717) is 0 Å². The second-order valence-electron chi connectivity index (χ2n) is 3.25. The number of hydrogen-bond acceptors (Lipinski definition) is 2. The number of aliphatic imine (C=N–C) groups is 1. The first-order valence-electron chi connectivity index (χ1n) is 4.88. The van der Waals surface area contributed by atoms with E-state index in [-0.39, 0.29) is 0 Å². The van der Waals surface area contributed by atoms with Crippen LogP contribution in [0.2, 0.25) is 0 Å². The van der Waals surface area contributed by atoms with E-state index in [0.717, 1.165) is 17.1 Å². The van der Waals surface area contributed by atoms with E-state index >= 15 is 0 Å². The maximum atomic E-state index is 4.48. The molecule has 0 atom stereocenters. The molecule has 0 bridgehead atoms. The van der Waals surface area contributed by atoms with Crippen LogP contribution in [0.4, 0.5) is 5.69 Å². The smallest absolute Gasteiger partial charge is 0.0841 e. The van der Waals surface area contributed by atoms with Crippen LogP contribution < -0.4 is 0 Å². The van der Waals surface area contributed by atoms with Gasteiger partial charge in [-0.05, 0) is 31.2 Å². The normalized spacial score (nSPS) is 11.4. The summed E-state index contributed by atoms with van der Waals surface area (Å²) in [5.74, 6) is 0. The van der Waals surface area contributed by atoms with Crippen LogP contribution in [0.1, 0.15) is 12.6 Å². The third kappa shape index (κ3) is 2.50. The summed E-state index contributed by atoms with van der Waals surface area (Å²) in [4.78, 5) is 8.73. The Morgan fingerprint density at radius 2 is 1.73 bits per heavy atom. The second-order valence-corrected chi connectivity index (χ2v) is 3.25. The molecule has 0 spiro atoms. The summed E-state index contributed by atoms with van der Waals surface area (Å²) in [6.45, 7) is 1.97. The van der Waals surface area contributed by atoms with Crippen LogP contribution in [0.5, 0.6) is 0 Å². The first kappa shape index (κ1) is 9.59. The maximum Gasteiger partial charge on any atom is 0.0841 e. The number of nitrogens with zero attached hydrogens (tertiary/aromatic N) is 2. The van der Waals surface area contributed by atoms with Crippen molar-refractivity contribution < 1.29 is 0 Å². The van der Waals surface area contributed by atoms with E-state index in [1.807, 2.05) is 55.5 Å². The number of benzene rings is 1. The second kappa shape index (κ2) is 4.51. The molecule has 0 aliphatic rings. The van der Waals surface area contributed by atoms with Crippen LogP contribution >= 0.6 is 0 Å². The van der Waals surface area contributed by atoms with Crippen LogP contribution in [0.25, 0.3) is 0 Å². The van der Waals surface area contributed by atoms with Crippen molar-refractivity contribution in [3.05, 3.63) is 60.4 Å². The molecule has 15 heavy (non-hydrogen) atoms. The Morgan fingerprint density at radius 1 is 1.00 bits per heavy atom. The van der Waals surface area contributed by atoms with Gasteiger partial charge in [0.25, 0.3) is 0 Å². The summed E-state index contributed by atoms with van der Waals surface area (Å²) in [6, 6.07) is 15.7. The third-order valence-electron chi connectivity index (χ3n) is 2.09. The number of hydrogen-bond donors (Lipinski definition) is 0. The summed E-state index contributed by atoms with van der Waals surface area (Å²) in [5.41, 5.74) is 2.81. The van der Waals surface area contributed by atoms with Crippen LogP contribution in [0, 0.1) is 0 Å². The van der Waals surface area contributed by atoms with Gasteiger partial charge in [-0.15, -0.1) is 0 Å². The Bertz CT molecular complexity index is 446. The Hall–Kier alpha value is -1.96. The highest BCUT2D eigenvalue weighted by Gasteiger charge is 1.96. The van der Waals surface area contributed by atoms with Gasteiger partial charge in [-0.25, -0.2) is 0 Å². The van der Waals surface area contributed by atoms with Gasteiger partial charge in [-0.3, -0.25) is 9.98 Å². The summed E-state index contributed by atoms with van der Waals surface area (Å²) < 4.78 is 0. The lowest BCUT2D eigenvalue weighted by Gasteiger charge is -1.99. The van der Waals surface area contributed by atoms with Crippen LogP contribution in [0.3, 0.4) is 0 Å². The van der Waals surface area contributed by atoms with Crippen molar-refractivity contribution in [3.8, 4) is 0 Å². The third-order valence-corrected chi connectivity index (χ3v) is 2.09. The van der Waals surface area contributed by atoms with Gasteiger partial charge in [0, 0.05) is 6.20 Å². The standard InChI is InChI=1S/C13H12N2/c1-11(13-9-5-6-10-14-13)15-12-7-3-2-4-8-12/h2-10H,1H3/b15-11-. The zero-order valence-electron chi connectivity index (χ0n) is 8.59. The maximum absolute atomic E-state index is 4.48. The monoisotopic (exact) mass is 196 g/mol. The van der Waals surface area contributed by atoms with E-state index in [9.17, 15) is 0 Å². The van der Waals surface area contributed by atoms with Gasteiger partial charge in [0.1, 0.15) is 0 Å². The Labute approximate surface area is 89.3 Å². The fourth-order valence-corrected chi connectivity index (χ4v) is 1.33. The number of rotatable bonds is 2. The fraction of sp³-hybridized carbons (Fsp3) is 0.0769. The van der Waals surface area contributed by atoms with Gasteiger partial charge < -0.3 is 0 Å². The van der Waals surface area contributed by atoms with E-state index in [1.165, 1.54) is 0 Å². The summed E-state index contributed by atoms with van der Waals surface area (Å²) in [7, 11) is 0.